The lowest BCUT2D eigenvalue weighted by atomic mass is 9.77. The molecular weight excluding hydrogens is 432 g/mol. The molecule has 0 heterocycles. The highest BCUT2D eigenvalue weighted by Crippen LogP contribution is 2.56. The first-order valence-electron chi connectivity index (χ1n) is 13.7. The summed E-state index contributed by atoms with van der Waals surface area (Å²) >= 11 is 0. The zero-order valence-corrected chi connectivity index (χ0v) is 20.6. The van der Waals surface area contributed by atoms with Crippen LogP contribution in [0.3, 0.4) is 0 Å². The Morgan fingerprint density at radius 3 is 1.17 bits per heavy atom. The highest BCUT2D eigenvalue weighted by Gasteiger charge is 2.42. The van der Waals surface area contributed by atoms with Gasteiger partial charge < -0.3 is 0 Å². The van der Waals surface area contributed by atoms with Gasteiger partial charge in [-0.2, -0.15) is 0 Å². The molecule has 0 N–H and O–H groups in total. The van der Waals surface area contributed by atoms with Crippen LogP contribution in [0.25, 0.3) is 22.3 Å². The Morgan fingerprint density at radius 1 is 0.361 bits per heavy atom. The van der Waals surface area contributed by atoms with E-state index in [1.807, 2.05) is 0 Å². The Bertz CT molecular complexity index is 1470. The highest BCUT2D eigenvalue weighted by molar-refractivity contribution is 6.01. The molecule has 0 saturated heterocycles. The summed E-state index contributed by atoms with van der Waals surface area (Å²) in [5.74, 6) is 1.07. The van der Waals surface area contributed by atoms with Crippen molar-refractivity contribution < 1.29 is 0 Å². The predicted molar refractivity (Wildman–Crippen MR) is 150 cm³/mol. The predicted octanol–water partition coefficient (Wildman–Crippen LogP) is 8.45. The number of allylic oxidation sites excluding steroid dienone is 4. The molecule has 0 nitrogen and oxygen atoms in total. The standard InChI is InChI=1S/C36H30/c1-5-13-27-23(9-1)17-19-31(27)35-29-15-7-3-11-25(29)21-33(35)34-22-26-12-4-8-16-30(26)36(34)32-20-18-24-10-2-6-14-28(24)32/h1-16,33-34H,17-22H2/b35-31-,36-32+. The Morgan fingerprint density at radius 2 is 0.722 bits per heavy atom. The van der Waals surface area contributed by atoms with E-state index in [9.17, 15) is 0 Å². The SMILES string of the molecule is c1ccc2c(c1)CC/C2=C1/c2ccccc2CC1C1Cc2ccccc2/C1=C1\CCc2ccccc21. The van der Waals surface area contributed by atoms with E-state index in [0.29, 0.717) is 11.8 Å². The summed E-state index contributed by atoms with van der Waals surface area (Å²) in [6.07, 6.45) is 7.02. The van der Waals surface area contributed by atoms with Crippen LogP contribution in [0.5, 0.6) is 0 Å². The number of fused-ring (bicyclic) bond motifs is 4. The molecule has 174 valence electrons. The number of hydrogen-bond acceptors (Lipinski definition) is 0. The lowest BCUT2D eigenvalue weighted by Crippen LogP contribution is -2.16. The fraction of sp³-hybridized carbons (Fsp3) is 0.222. The molecule has 8 rings (SSSR count). The zero-order chi connectivity index (χ0) is 23.6. The molecule has 2 unspecified atom stereocenters. The second kappa shape index (κ2) is 7.93. The van der Waals surface area contributed by atoms with E-state index in [2.05, 4.69) is 97.1 Å². The summed E-state index contributed by atoms with van der Waals surface area (Å²) in [5, 5.41) is 0. The lowest BCUT2D eigenvalue weighted by molar-refractivity contribution is 0.526. The maximum atomic E-state index is 2.40. The van der Waals surface area contributed by atoms with Crippen LogP contribution in [0, 0.1) is 11.8 Å². The summed E-state index contributed by atoms with van der Waals surface area (Å²) in [7, 11) is 0. The molecule has 0 spiro atoms. The molecule has 0 heteroatoms. The van der Waals surface area contributed by atoms with Crippen molar-refractivity contribution >= 4 is 22.3 Å². The smallest absolute Gasteiger partial charge is 0.00399 e. The fourth-order valence-electron chi connectivity index (χ4n) is 7.87. The van der Waals surface area contributed by atoms with Gasteiger partial charge >= 0.3 is 0 Å². The summed E-state index contributed by atoms with van der Waals surface area (Å²) < 4.78 is 0. The van der Waals surface area contributed by atoms with Crippen molar-refractivity contribution in [1.29, 1.82) is 0 Å². The fourth-order valence-corrected chi connectivity index (χ4v) is 7.87. The van der Waals surface area contributed by atoms with Crippen LogP contribution in [-0.4, -0.2) is 0 Å². The molecule has 4 aliphatic rings. The minimum Gasteiger partial charge on any atom is -0.0620 e. The second-order valence-electron chi connectivity index (χ2n) is 11.0. The third-order valence-corrected chi connectivity index (χ3v) is 9.35. The molecule has 0 aliphatic heterocycles. The van der Waals surface area contributed by atoms with E-state index in [1.165, 1.54) is 59.1 Å². The van der Waals surface area contributed by atoms with Crippen LogP contribution in [0.1, 0.15) is 57.3 Å². The van der Waals surface area contributed by atoms with Crippen molar-refractivity contribution in [2.24, 2.45) is 11.8 Å². The average molecular weight is 463 g/mol. The molecule has 2 atom stereocenters. The third-order valence-electron chi connectivity index (χ3n) is 9.35. The van der Waals surface area contributed by atoms with Gasteiger partial charge in [0.05, 0.1) is 0 Å². The van der Waals surface area contributed by atoms with Gasteiger partial charge in [-0.25, -0.2) is 0 Å². The molecule has 4 aliphatic carbocycles. The van der Waals surface area contributed by atoms with E-state index < -0.39 is 0 Å². The first-order valence-corrected chi connectivity index (χ1v) is 13.7. The molecule has 0 radical (unpaired) electrons. The molecule has 36 heavy (non-hydrogen) atoms. The molecule has 0 amide bonds. The van der Waals surface area contributed by atoms with E-state index in [-0.39, 0.29) is 0 Å². The van der Waals surface area contributed by atoms with Crippen molar-refractivity contribution in [1.82, 2.24) is 0 Å². The van der Waals surface area contributed by atoms with E-state index >= 15 is 0 Å². The molecular formula is C36H30. The van der Waals surface area contributed by atoms with Gasteiger partial charge in [-0.3, -0.25) is 0 Å². The van der Waals surface area contributed by atoms with Gasteiger partial charge in [0.1, 0.15) is 0 Å². The lowest BCUT2D eigenvalue weighted by Gasteiger charge is -2.26. The van der Waals surface area contributed by atoms with E-state index in [4.69, 9.17) is 0 Å². The Labute approximate surface area is 214 Å². The molecule has 4 aromatic rings. The van der Waals surface area contributed by atoms with Crippen LogP contribution in [0.2, 0.25) is 0 Å². The maximum Gasteiger partial charge on any atom is -0.00399 e. The minimum absolute atomic E-state index is 0.534. The highest BCUT2D eigenvalue weighted by atomic mass is 14.5. The van der Waals surface area contributed by atoms with Crippen LogP contribution < -0.4 is 0 Å². The van der Waals surface area contributed by atoms with Crippen molar-refractivity contribution in [3.8, 4) is 0 Å². The number of benzene rings is 4. The van der Waals surface area contributed by atoms with E-state index in [1.54, 1.807) is 33.4 Å². The average Bonchev–Trinajstić information content (AvgIpc) is 3.69. The molecule has 4 aromatic carbocycles. The van der Waals surface area contributed by atoms with Crippen molar-refractivity contribution in [3.63, 3.8) is 0 Å². The summed E-state index contributed by atoms with van der Waals surface area (Å²) in [4.78, 5) is 0. The first-order chi connectivity index (χ1) is 17.9. The first kappa shape index (κ1) is 20.5. The second-order valence-corrected chi connectivity index (χ2v) is 11.0. The quantitative estimate of drug-likeness (QED) is 0.266. The van der Waals surface area contributed by atoms with Crippen molar-refractivity contribution in [3.05, 3.63) is 142 Å². The molecule has 0 fully saturated rings. The van der Waals surface area contributed by atoms with Crippen LogP contribution in [-0.2, 0) is 25.7 Å². The van der Waals surface area contributed by atoms with Crippen molar-refractivity contribution in [2.45, 2.75) is 38.5 Å². The van der Waals surface area contributed by atoms with Gasteiger partial charge in [0.2, 0.25) is 0 Å². The Balaban J connectivity index is 1.36. The number of rotatable bonds is 1. The van der Waals surface area contributed by atoms with Crippen LogP contribution in [0.4, 0.5) is 0 Å². The van der Waals surface area contributed by atoms with Gasteiger partial charge in [-0.1, -0.05) is 97.1 Å². The number of aryl methyl sites for hydroxylation is 2. The maximum absolute atomic E-state index is 2.40. The van der Waals surface area contributed by atoms with Gasteiger partial charge in [0.25, 0.3) is 0 Å². The zero-order valence-electron chi connectivity index (χ0n) is 20.6. The molecule has 0 bridgehead atoms. The normalized spacial score (nSPS) is 25.6. The van der Waals surface area contributed by atoms with Gasteiger partial charge in [-0.05, 0) is 117 Å². The minimum atomic E-state index is 0.534. The summed E-state index contributed by atoms with van der Waals surface area (Å²) in [6.45, 7) is 0. The van der Waals surface area contributed by atoms with Gasteiger partial charge in [0, 0.05) is 0 Å². The largest absolute Gasteiger partial charge is 0.0620 e. The van der Waals surface area contributed by atoms with E-state index in [0.717, 1.165) is 12.8 Å². The molecule has 0 saturated carbocycles. The van der Waals surface area contributed by atoms with Gasteiger partial charge in [-0.15, -0.1) is 0 Å². The van der Waals surface area contributed by atoms with Gasteiger partial charge in [0.15, 0.2) is 0 Å². The van der Waals surface area contributed by atoms with Crippen LogP contribution >= 0.6 is 0 Å². The monoisotopic (exact) mass is 462 g/mol. The van der Waals surface area contributed by atoms with Crippen molar-refractivity contribution in [2.75, 3.05) is 0 Å². The third kappa shape index (κ3) is 2.94. The topological polar surface area (TPSA) is 0 Å². The Kier molecular flexibility index (Phi) is 4.53. The summed E-state index contributed by atoms with van der Waals surface area (Å²) in [6, 6.07) is 36.9. The summed E-state index contributed by atoms with van der Waals surface area (Å²) in [5.41, 5.74) is 18.7. The number of hydrogen-bond donors (Lipinski definition) is 0. The van der Waals surface area contributed by atoms with Crippen LogP contribution in [0.15, 0.2) is 97.1 Å². The molecule has 0 aromatic heterocycles. The Hall–Kier alpha value is -3.64.